The van der Waals surface area contributed by atoms with Gasteiger partial charge in [-0.25, -0.2) is 0 Å². The standard InChI is InChI=1S/C17H29N3O/c1-17(2,3)20-14-15(12-16(20)21)13-18(4)8-7-11-19-9-5-6-10-19/h5-6,9-10,15H,7-8,11-14H2,1-4H3. The molecule has 1 aromatic rings. The van der Waals surface area contributed by atoms with Crippen molar-refractivity contribution in [3.8, 4) is 0 Å². The number of nitrogens with zero attached hydrogens (tertiary/aromatic N) is 3. The number of carbonyl (C=O) groups excluding carboxylic acids is 1. The van der Waals surface area contributed by atoms with Crippen LogP contribution in [0, 0.1) is 5.92 Å². The highest BCUT2D eigenvalue weighted by Crippen LogP contribution is 2.26. The van der Waals surface area contributed by atoms with E-state index in [1.165, 1.54) is 0 Å². The second kappa shape index (κ2) is 6.65. The van der Waals surface area contributed by atoms with Crippen LogP contribution in [0.3, 0.4) is 0 Å². The molecule has 0 aromatic carbocycles. The maximum atomic E-state index is 12.1. The molecule has 0 aliphatic carbocycles. The molecule has 4 nitrogen and oxygen atoms in total. The van der Waals surface area contributed by atoms with Crippen LogP contribution in [0.2, 0.25) is 0 Å². The van der Waals surface area contributed by atoms with Gasteiger partial charge in [-0.2, -0.15) is 0 Å². The molecule has 1 unspecified atom stereocenters. The Balaban J connectivity index is 1.71. The summed E-state index contributed by atoms with van der Waals surface area (Å²) in [6, 6.07) is 4.13. The molecule has 2 rings (SSSR count). The first kappa shape index (κ1) is 16.1. The smallest absolute Gasteiger partial charge is 0.223 e. The molecule has 0 bridgehead atoms. The van der Waals surface area contributed by atoms with Crippen molar-refractivity contribution < 1.29 is 4.79 Å². The number of hydrogen-bond donors (Lipinski definition) is 0. The van der Waals surface area contributed by atoms with Crippen molar-refractivity contribution in [3.63, 3.8) is 0 Å². The lowest BCUT2D eigenvalue weighted by Gasteiger charge is -2.32. The van der Waals surface area contributed by atoms with Crippen molar-refractivity contribution in [2.45, 2.75) is 45.7 Å². The van der Waals surface area contributed by atoms with Crippen molar-refractivity contribution in [3.05, 3.63) is 24.5 Å². The number of hydrogen-bond acceptors (Lipinski definition) is 2. The molecule has 0 spiro atoms. The molecule has 1 amide bonds. The topological polar surface area (TPSA) is 28.5 Å². The zero-order chi connectivity index (χ0) is 15.5. The van der Waals surface area contributed by atoms with Gasteiger partial charge in [0.25, 0.3) is 0 Å². The van der Waals surface area contributed by atoms with Gasteiger partial charge in [0, 0.05) is 44.0 Å². The predicted molar refractivity (Wildman–Crippen MR) is 86.1 cm³/mol. The lowest BCUT2D eigenvalue weighted by atomic mass is 10.1. The highest BCUT2D eigenvalue weighted by Gasteiger charge is 2.36. The molecule has 1 aromatic heterocycles. The summed E-state index contributed by atoms with van der Waals surface area (Å²) < 4.78 is 2.22. The first-order valence-corrected chi connectivity index (χ1v) is 7.96. The van der Waals surface area contributed by atoms with Crippen LogP contribution in [-0.4, -0.2) is 52.5 Å². The maximum absolute atomic E-state index is 12.1. The van der Waals surface area contributed by atoms with E-state index in [0.29, 0.717) is 18.2 Å². The van der Waals surface area contributed by atoms with E-state index >= 15 is 0 Å². The Morgan fingerprint density at radius 1 is 1.29 bits per heavy atom. The average molecular weight is 291 g/mol. The van der Waals surface area contributed by atoms with Crippen molar-refractivity contribution in [2.24, 2.45) is 5.92 Å². The minimum atomic E-state index is -0.0428. The molecular weight excluding hydrogens is 262 g/mol. The van der Waals surface area contributed by atoms with E-state index in [9.17, 15) is 4.79 Å². The van der Waals surface area contributed by atoms with Gasteiger partial charge in [0.2, 0.25) is 5.91 Å². The van der Waals surface area contributed by atoms with Crippen molar-refractivity contribution in [2.75, 3.05) is 26.7 Å². The third kappa shape index (κ3) is 4.60. The fourth-order valence-electron chi connectivity index (χ4n) is 3.13. The van der Waals surface area contributed by atoms with E-state index in [1.807, 2.05) is 4.90 Å². The lowest BCUT2D eigenvalue weighted by molar-refractivity contribution is -0.131. The number of aryl methyl sites for hydroxylation is 1. The summed E-state index contributed by atoms with van der Waals surface area (Å²) in [7, 11) is 2.17. The third-order valence-electron chi connectivity index (χ3n) is 4.21. The van der Waals surface area contributed by atoms with Crippen LogP contribution in [0.5, 0.6) is 0 Å². The summed E-state index contributed by atoms with van der Waals surface area (Å²) in [5.41, 5.74) is -0.0428. The van der Waals surface area contributed by atoms with Gasteiger partial charge >= 0.3 is 0 Å². The molecule has 1 saturated heterocycles. The molecule has 1 fully saturated rings. The Bertz CT molecular complexity index is 447. The van der Waals surface area contributed by atoms with Gasteiger partial charge in [-0.05, 0) is 58.8 Å². The second-order valence-corrected chi connectivity index (χ2v) is 7.28. The van der Waals surface area contributed by atoms with Crippen LogP contribution < -0.4 is 0 Å². The molecule has 4 heteroatoms. The lowest BCUT2D eigenvalue weighted by Crippen LogP contribution is -2.42. The van der Waals surface area contributed by atoms with E-state index in [1.54, 1.807) is 0 Å². The zero-order valence-electron chi connectivity index (χ0n) is 13.9. The second-order valence-electron chi connectivity index (χ2n) is 7.28. The Kier molecular flexibility index (Phi) is 5.09. The van der Waals surface area contributed by atoms with Crippen molar-refractivity contribution in [1.29, 1.82) is 0 Å². The Hall–Kier alpha value is -1.29. The molecule has 118 valence electrons. The van der Waals surface area contributed by atoms with Crippen LogP contribution in [0.4, 0.5) is 0 Å². The zero-order valence-corrected chi connectivity index (χ0v) is 13.9. The Morgan fingerprint density at radius 3 is 2.52 bits per heavy atom. The molecule has 1 aliphatic rings. The third-order valence-corrected chi connectivity index (χ3v) is 4.21. The molecule has 1 atom stereocenters. The van der Waals surface area contributed by atoms with Gasteiger partial charge in [0.15, 0.2) is 0 Å². The molecule has 0 saturated carbocycles. The van der Waals surface area contributed by atoms with Crippen molar-refractivity contribution >= 4 is 5.91 Å². The minimum Gasteiger partial charge on any atom is -0.354 e. The molecule has 0 radical (unpaired) electrons. The first-order chi connectivity index (χ1) is 9.86. The molecular formula is C17H29N3O. The number of aromatic nitrogens is 1. The molecule has 1 aliphatic heterocycles. The van der Waals surface area contributed by atoms with Gasteiger partial charge in [0.05, 0.1) is 0 Å². The summed E-state index contributed by atoms with van der Waals surface area (Å²) in [6.07, 6.45) is 6.07. The van der Waals surface area contributed by atoms with E-state index in [4.69, 9.17) is 0 Å². The summed E-state index contributed by atoms with van der Waals surface area (Å²) >= 11 is 0. The molecule has 2 heterocycles. The average Bonchev–Trinajstić information content (AvgIpc) is 2.98. The number of amides is 1. The first-order valence-electron chi connectivity index (χ1n) is 7.96. The molecule has 21 heavy (non-hydrogen) atoms. The quantitative estimate of drug-likeness (QED) is 0.805. The van der Waals surface area contributed by atoms with E-state index in [-0.39, 0.29) is 5.54 Å². The van der Waals surface area contributed by atoms with Crippen molar-refractivity contribution in [1.82, 2.24) is 14.4 Å². The van der Waals surface area contributed by atoms with Crippen LogP contribution in [0.25, 0.3) is 0 Å². The Morgan fingerprint density at radius 2 is 1.95 bits per heavy atom. The summed E-state index contributed by atoms with van der Waals surface area (Å²) in [5, 5.41) is 0. The highest BCUT2D eigenvalue weighted by atomic mass is 16.2. The van der Waals surface area contributed by atoms with Gasteiger partial charge < -0.3 is 14.4 Å². The summed E-state index contributed by atoms with van der Waals surface area (Å²) in [6.45, 7) is 10.4. The Labute approximate surface area is 128 Å². The SMILES string of the molecule is CN(CCCn1cccc1)CC1CC(=O)N(C(C)(C)C)C1. The molecule has 0 N–H and O–H groups in total. The predicted octanol–water partition coefficient (Wildman–Crippen LogP) is 2.46. The van der Waals surface area contributed by atoms with Crippen LogP contribution in [-0.2, 0) is 11.3 Å². The maximum Gasteiger partial charge on any atom is 0.223 e. The number of likely N-dealkylation sites (tertiary alicyclic amines) is 1. The van der Waals surface area contributed by atoms with Crippen LogP contribution in [0.1, 0.15) is 33.6 Å². The largest absolute Gasteiger partial charge is 0.354 e. The fourth-order valence-corrected chi connectivity index (χ4v) is 3.13. The van der Waals surface area contributed by atoms with E-state index in [2.05, 4.69) is 61.8 Å². The van der Waals surface area contributed by atoms with Crippen LogP contribution in [0.15, 0.2) is 24.5 Å². The summed E-state index contributed by atoms with van der Waals surface area (Å²) in [4.78, 5) is 16.5. The number of carbonyl (C=O) groups is 1. The van der Waals surface area contributed by atoms with Gasteiger partial charge in [-0.3, -0.25) is 4.79 Å². The normalized spacial score (nSPS) is 19.8. The highest BCUT2D eigenvalue weighted by molar-refractivity contribution is 5.79. The van der Waals surface area contributed by atoms with Gasteiger partial charge in [0.1, 0.15) is 0 Å². The summed E-state index contributed by atoms with van der Waals surface area (Å²) in [5.74, 6) is 0.793. The van der Waals surface area contributed by atoms with E-state index < -0.39 is 0 Å². The fraction of sp³-hybridized carbons (Fsp3) is 0.706. The minimum absolute atomic E-state index is 0.0428. The monoisotopic (exact) mass is 291 g/mol. The van der Waals surface area contributed by atoms with Gasteiger partial charge in [-0.1, -0.05) is 0 Å². The van der Waals surface area contributed by atoms with Crippen LogP contribution >= 0.6 is 0 Å². The van der Waals surface area contributed by atoms with E-state index in [0.717, 1.165) is 32.6 Å². The van der Waals surface area contributed by atoms with Gasteiger partial charge in [-0.15, -0.1) is 0 Å². The number of rotatable bonds is 6.